The van der Waals surface area contributed by atoms with Crippen molar-refractivity contribution in [2.75, 3.05) is 6.54 Å². The summed E-state index contributed by atoms with van der Waals surface area (Å²) in [4.78, 5) is 26.3. The second kappa shape index (κ2) is 10.0. The molecule has 0 saturated heterocycles. The van der Waals surface area contributed by atoms with Crippen molar-refractivity contribution in [1.29, 1.82) is 0 Å². The van der Waals surface area contributed by atoms with Crippen LogP contribution in [0.5, 0.6) is 0 Å². The van der Waals surface area contributed by atoms with Crippen LogP contribution in [-0.4, -0.2) is 18.4 Å². The van der Waals surface area contributed by atoms with Gasteiger partial charge in [-0.1, -0.05) is 48.0 Å². The summed E-state index contributed by atoms with van der Waals surface area (Å²) in [5.74, 6) is -0.631. The Balaban J connectivity index is 1.69. The van der Waals surface area contributed by atoms with Crippen molar-refractivity contribution in [3.05, 3.63) is 98.3 Å². The van der Waals surface area contributed by atoms with Crippen molar-refractivity contribution in [2.24, 2.45) is 0 Å². The van der Waals surface area contributed by atoms with E-state index in [1.165, 1.54) is 11.3 Å². The van der Waals surface area contributed by atoms with Crippen LogP contribution in [0, 0.1) is 6.92 Å². The maximum absolute atomic E-state index is 12.8. The van der Waals surface area contributed by atoms with Crippen LogP contribution in [0.1, 0.15) is 26.4 Å². The van der Waals surface area contributed by atoms with Gasteiger partial charge in [0.2, 0.25) is 0 Å². The van der Waals surface area contributed by atoms with E-state index < -0.39 is 0 Å². The molecular formula is C23H21ClN2O2S. The quantitative estimate of drug-likeness (QED) is 0.533. The fourth-order valence-corrected chi connectivity index (χ4v) is 3.54. The zero-order valence-corrected chi connectivity index (χ0v) is 17.5. The highest BCUT2D eigenvalue weighted by molar-refractivity contribution is 7.10. The molecule has 4 nitrogen and oxygen atoms in total. The lowest BCUT2D eigenvalue weighted by molar-refractivity contribution is -0.117. The highest BCUT2D eigenvalue weighted by Crippen LogP contribution is 2.14. The molecule has 0 saturated carbocycles. The number of hydrogen-bond donors (Lipinski definition) is 2. The Hall–Kier alpha value is -2.89. The fraction of sp³-hybridized carbons (Fsp3) is 0.130. The number of amides is 2. The molecule has 0 aliphatic carbocycles. The van der Waals surface area contributed by atoms with Crippen LogP contribution >= 0.6 is 22.9 Å². The van der Waals surface area contributed by atoms with Crippen molar-refractivity contribution in [1.82, 2.24) is 10.6 Å². The lowest BCUT2D eigenvalue weighted by atomic mass is 10.1. The molecule has 3 aromatic rings. The lowest BCUT2D eigenvalue weighted by Gasteiger charge is -2.12. The molecule has 6 heteroatoms. The zero-order chi connectivity index (χ0) is 20.6. The summed E-state index contributed by atoms with van der Waals surface area (Å²) in [5, 5.41) is 8.25. The van der Waals surface area contributed by atoms with Gasteiger partial charge in [-0.2, -0.15) is 0 Å². The van der Waals surface area contributed by atoms with E-state index in [4.69, 9.17) is 11.6 Å². The third kappa shape index (κ3) is 6.04. The van der Waals surface area contributed by atoms with Crippen LogP contribution in [0.15, 0.2) is 71.7 Å². The van der Waals surface area contributed by atoms with Gasteiger partial charge < -0.3 is 10.6 Å². The Morgan fingerprint density at radius 1 is 1.03 bits per heavy atom. The summed E-state index contributed by atoms with van der Waals surface area (Å²) < 4.78 is 0. The number of thiophene rings is 1. The SMILES string of the molecule is Cc1ccccc1C(=O)N/C(=C\c1cccs1)C(=O)NCCc1ccc(Cl)cc1. The van der Waals surface area contributed by atoms with Crippen LogP contribution in [0.4, 0.5) is 0 Å². The number of rotatable bonds is 7. The second-order valence-corrected chi connectivity index (χ2v) is 7.89. The molecular weight excluding hydrogens is 404 g/mol. The number of hydrogen-bond acceptors (Lipinski definition) is 3. The minimum atomic E-state index is -0.325. The van der Waals surface area contributed by atoms with Gasteiger partial charge >= 0.3 is 0 Å². The molecule has 0 bridgehead atoms. The zero-order valence-electron chi connectivity index (χ0n) is 15.9. The molecule has 0 aliphatic heterocycles. The first-order valence-electron chi connectivity index (χ1n) is 9.18. The largest absolute Gasteiger partial charge is 0.350 e. The second-order valence-electron chi connectivity index (χ2n) is 6.47. The highest BCUT2D eigenvalue weighted by atomic mass is 35.5. The van der Waals surface area contributed by atoms with Crippen LogP contribution in [0.2, 0.25) is 5.02 Å². The maximum atomic E-state index is 12.8. The van der Waals surface area contributed by atoms with E-state index in [0.717, 1.165) is 16.0 Å². The number of carbonyl (C=O) groups is 2. The molecule has 2 amide bonds. The number of halogens is 1. The summed E-state index contributed by atoms with van der Waals surface area (Å²) in [7, 11) is 0. The van der Waals surface area contributed by atoms with Gasteiger partial charge in [-0.25, -0.2) is 0 Å². The Labute approximate surface area is 179 Å². The van der Waals surface area contributed by atoms with Crippen LogP contribution < -0.4 is 10.6 Å². The van der Waals surface area contributed by atoms with Crippen LogP contribution in [0.25, 0.3) is 6.08 Å². The van der Waals surface area contributed by atoms with Gasteiger partial charge in [0.15, 0.2) is 0 Å². The summed E-state index contributed by atoms with van der Waals surface area (Å²) in [6.07, 6.45) is 2.36. The van der Waals surface area contributed by atoms with Gasteiger partial charge in [-0.05, 0) is 60.2 Å². The molecule has 2 aromatic carbocycles. The molecule has 0 unspecified atom stereocenters. The van der Waals surface area contributed by atoms with Crippen LogP contribution in [0.3, 0.4) is 0 Å². The molecule has 0 atom stereocenters. The Kier molecular flexibility index (Phi) is 7.22. The van der Waals surface area contributed by atoms with Gasteiger partial charge in [-0.15, -0.1) is 11.3 Å². The van der Waals surface area contributed by atoms with Gasteiger partial charge in [0, 0.05) is 22.0 Å². The van der Waals surface area contributed by atoms with Gasteiger partial charge in [0.05, 0.1) is 0 Å². The first kappa shape index (κ1) is 20.8. The van der Waals surface area contributed by atoms with Crippen molar-refractivity contribution in [3.63, 3.8) is 0 Å². The summed E-state index contributed by atoms with van der Waals surface area (Å²) in [5.41, 5.74) is 2.68. The summed E-state index contributed by atoms with van der Waals surface area (Å²) >= 11 is 7.40. The molecule has 0 aliphatic rings. The molecule has 1 heterocycles. The average Bonchev–Trinajstić information content (AvgIpc) is 3.22. The first-order chi connectivity index (χ1) is 14.0. The normalized spacial score (nSPS) is 11.2. The lowest BCUT2D eigenvalue weighted by Crippen LogP contribution is -2.36. The minimum Gasteiger partial charge on any atom is -0.350 e. The molecule has 29 heavy (non-hydrogen) atoms. The smallest absolute Gasteiger partial charge is 0.267 e. The molecule has 3 rings (SSSR count). The monoisotopic (exact) mass is 424 g/mol. The number of carbonyl (C=O) groups excluding carboxylic acids is 2. The van der Waals surface area contributed by atoms with E-state index in [-0.39, 0.29) is 17.5 Å². The van der Waals surface area contributed by atoms with E-state index in [2.05, 4.69) is 10.6 Å². The van der Waals surface area contributed by atoms with Crippen molar-refractivity contribution < 1.29 is 9.59 Å². The maximum Gasteiger partial charge on any atom is 0.267 e. The summed E-state index contributed by atoms with van der Waals surface area (Å²) in [6.45, 7) is 2.31. The third-order valence-corrected chi connectivity index (χ3v) is 5.40. The van der Waals surface area contributed by atoms with Crippen LogP contribution in [-0.2, 0) is 11.2 Å². The minimum absolute atomic E-state index is 0.219. The predicted octanol–water partition coefficient (Wildman–Crippen LogP) is 4.84. The van der Waals surface area contributed by atoms with E-state index in [1.807, 2.05) is 60.8 Å². The first-order valence-corrected chi connectivity index (χ1v) is 10.4. The van der Waals surface area contributed by atoms with E-state index in [1.54, 1.807) is 18.2 Å². The van der Waals surface area contributed by atoms with E-state index >= 15 is 0 Å². The number of aryl methyl sites for hydroxylation is 1. The van der Waals surface area contributed by atoms with Crippen molar-refractivity contribution in [3.8, 4) is 0 Å². The number of nitrogens with one attached hydrogen (secondary N) is 2. The molecule has 2 N–H and O–H groups in total. The van der Waals surface area contributed by atoms with E-state index in [0.29, 0.717) is 23.6 Å². The van der Waals surface area contributed by atoms with Crippen molar-refractivity contribution in [2.45, 2.75) is 13.3 Å². The molecule has 0 fully saturated rings. The van der Waals surface area contributed by atoms with E-state index in [9.17, 15) is 9.59 Å². The van der Waals surface area contributed by atoms with Crippen molar-refractivity contribution >= 4 is 40.8 Å². The number of benzene rings is 2. The molecule has 0 spiro atoms. The Morgan fingerprint density at radius 3 is 2.48 bits per heavy atom. The average molecular weight is 425 g/mol. The fourth-order valence-electron chi connectivity index (χ4n) is 2.76. The Bertz CT molecular complexity index is 1010. The standard InChI is InChI=1S/C23H21ClN2O2S/c1-16-5-2-3-7-20(16)22(27)26-21(15-19-6-4-14-29-19)23(28)25-13-12-17-8-10-18(24)11-9-17/h2-11,14-15H,12-13H2,1H3,(H,25,28)(H,26,27)/b21-15-. The predicted molar refractivity (Wildman–Crippen MR) is 119 cm³/mol. The third-order valence-electron chi connectivity index (χ3n) is 4.32. The molecule has 148 valence electrons. The van der Waals surface area contributed by atoms with Gasteiger partial charge in [0.25, 0.3) is 11.8 Å². The molecule has 0 radical (unpaired) electrons. The Morgan fingerprint density at radius 2 is 1.79 bits per heavy atom. The van der Waals surface area contributed by atoms with Gasteiger partial charge in [-0.3, -0.25) is 9.59 Å². The topological polar surface area (TPSA) is 58.2 Å². The summed E-state index contributed by atoms with van der Waals surface area (Å²) in [6, 6.07) is 18.6. The van der Waals surface area contributed by atoms with Gasteiger partial charge in [0.1, 0.15) is 5.70 Å². The highest BCUT2D eigenvalue weighted by Gasteiger charge is 2.16. The molecule has 1 aromatic heterocycles.